The monoisotopic (exact) mass is 363 g/mol. The summed E-state index contributed by atoms with van der Waals surface area (Å²) in [6, 6.07) is 7.25. The second-order valence-electron chi connectivity index (χ2n) is 5.47. The lowest BCUT2D eigenvalue weighted by molar-refractivity contribution is 0.566. The molecule has 3 N–H and O–H groups in total. The van der Waals surface area contributed by atoms with Crippen LogP contribution in [-0.4, -0.2) is 36.3 Å². The van der Waals surface area contributed by atoms with Gasteiger partial charge in [-0.3, -0.25) is 0 Å². The molecule has 1 aromatic carbocycles. The van der Waals surface area contributed by atoms with Gasteiger partial charge in [-0.05, 0) is 29.7 Å². The van der Waals surface area contributed by atoms with Crippen molar-refractivity contribution >= 4 is 29.4 Å². The first kappa shape index (κ1) is 15.9. The molecular weight excluding hydrogens is 350 g/mol. The molecule has 1 atom stereocenters. The average Bonchev–Trinajstić information content (AvgIpc) is 3.32. The fourth-order valence-corrected chi connectivity index (χ4v) is 3.01. The Hall–Kier alpha value is -3.55. The van der Waals surface area contributed by atoms with E-state index in [-0.39, 0.29) is 12.0 Å². The predicted molar refractivity (Wildman–Crippen MR) is 99.6 cm³/mol. The third-order valence-corrected chi connectivity index (χ3v) is 4.33. The van der Waals surface area contributed by atoms with Crippen molar-refractivity contribution in [1.29, 1.82) is 0 Å². The van der Waals surface area contributed by atoms with Crippen molar-refractivity contribution in [2.75, 3.05) is 11.1 Å². The molecule has 8 nitrogen and oxygen atoms in total. The topological polar surface area (TPSA) is 112 Å². The molecule has 0 amide bonds. The minimum atomic E-state index is -0.340. The van der Waals surface area contributed by atoms with E-state index in [0.29, 0.717) is 11.5 Å². The third-order valence-electron chi connectivity index (χ3n) is 3.83. The largest absolute Gasteiger partial charge is 0.368 e. The Kier molecular flexibility index (Phi) is 4.14. The Morgan fingerprint density at radius 2 is 2.08 bits per heavy atom. The van der Waals surface area contributed by atoms with Gasteiger partial charge in [-0.2, -0.15) is 9.67 Å². The normalized spacial score (nSPS) is 15.8. The SMILES string of the molecule is Nc1nc(NC2C=CC=CC2=C=O)nn1-c1ccc(-c2csnn2)cc1. The number of allylic oxidation sites excluding steroid dienone is 2. The van der Waals surface area contributed by atoms with E-state index in [1.165, 1.54) is 16.2 Å². The molecule has 0 saturated heterocycles. The number of nitrogens with one attached hydrogen (secondary N) is 1. The van der Waals surface area contributed by atoms with Gasteiger partial charge in [0, 0.05) is 10.9 Å². The van der Waals surface area contributed by atoms with Crippen molar-refractivity contribution in [3.8, 4) is 16.9 Å². The molecular formula is C17H13N7OS. The Morgan fingerprint density at radius 1 is 1.23 bits per heavy atom. The summed E-state index contributed by atoms with van der Waals surface area (Å²) >= 11 is 1.30. The van der Waals surface area contributed by atoms with Crippen LogP contribution in [0.15, 0.2) is 59.5 Å². The van der Waals surface area contributed by atoms with E-state index in [2.05, 4.69) is 25.0 Å². The van der Waals surface area contributed by atoms with Crippen LogP contribution in [-0.2, 0) is 4.79 Å². The number of nitrogen functional groups attached to an aromatic ring is 1. The maximum atomic E-state index is 11.0. The lowest BCUT2D eigenvalue weighted by atomic mass is 10.0. The number of carbonyl (C=O) groups excluding carboxylic acids is 1. The highest BCUT2D eigenvalue weighted by atomic mass is 32.1. The first-order chi connectivity index (χ1) is 12.7. The average molecular weight is 363 g/mol. The minimum absolute atomic E-state index is 0.238. The van der Waals surface area contributed by atoms with Crippen LogP contribution < -0.4 is 11.1 Å². The van der Waals surface area contributed by atoms with Gasteiger partial charge >= 0.3 is 0 Å². The first-order valence-corrected chi connectivity index (χ1v) is 8.55. The van der Waals surface area contributed by atoms with E-state index in [1.54, 1.807) is 12.2 Å². The number of hydrogen-bond acceptors (Lipinski definition) is 8. The molecule has 26 heavy (non-hydrogen) atoms. The maximum absolute atomic E-state index is 11.0. The fraction of sp³-hybridized carbons (Fsp3) is 0.0588. The second kappa shape index (κ2) is 6.75. The highest BCUT2D eigenvalue weighted by Crippen LogP contribution is 2.21. The summed E-state index contributed by atoms with van der Waals surface area (Å²) in [5.74, 6) is 2.47. The number of nitrogens with zero attached hydrogens (tertiary/aromatic N) is 5. The van der Waals surface area contributed by atoms with Crippen molar-refractivity contribution in [2.45, 2.75) is 6.04 Å². The summed E-state index contributed by atoms with van der Waals surface area (Å²) in [7, 11) is 0. The molecule has 9 heteroatoms. The zero-order valence-corrected chi connectivity index (χ0v) is 14.2. The summed E-state index contributed by atoms with van der Waals surface area (Å²) in [5.41, 5.74) is 9.01. The van der Waals surface area contributed by atoms with Crippen molar-refractivity contribution in [3.05, 3.63) is 59.5 Å². The summed E-state index contributed by atoms with van der Waals surface area (Å²) in [6.45, 7) is 0. The molecule has 0 fully saturated rings. The fourth-order valence-electron chi connectivity index (χ4n) is 2.54. The maximum Gasteiger partial charge on any atom is 0.245 e. The first-order valence-electron chi connectivity index (χ1n) is 7.71. The van der Waals surface area contributed by atoms with E-state index in [1.807, 2.05) is 47.7 Å². The molecule has 2 heterocycles. The summed E-state index contributed by atoms with van der Waals surface area (Å²) < 4.78 is 5.39. The molecule has 0 saturated carbocycles. The summed E-state index contributed by atoms with van der Waals surface area (Å²) in [4.78, 5) is 15.2. The van der Waals surface area contributed by atoms with Gasteiger partial charge in [0.05, 0.1) is 17.3 Å². The van der Waals surface area contributed by atoms with Crippen LogP contribution in [0.25, 0.3) is 16.9 Å². The number of hydrogen-bond donors (Lipinski definition) is 2. The standard InChI is InChI=1S/C17H13N7OS/c18-16-20-17(19-14-4-2-1-3-12(14)9-25)22-24(16)13-7-5-11(6-8-13)15-10-26-23-21-15/h1-8,10,14H,(H3,18,19,20,22). The molecule has 4 rings (SSSR count). The van der Waals surface area contributed by atoms with Crippen molar-refractivity contribution in [1.82, 2.24) is 24.4 Å². The molecule has 0 aliphatic heterocycles. The summed E-state index contributed by atoms with van der Waals surface area (Å²) in [6.07, 6.45) is 7.13. The second-order valence-corrected chi connectivity index (χ2v) is 6.08. The van der Waals surface area contributed by atoms with Crippen LogP contribution >= 0.6 is 11.5 Å². The van der Waals surface area contributed by atoms with Crippen molar-refractivity contribution < 1.29 is 4.79 Å². The highest BCUT2D eigenvalue weighted by molar-refractivity contribution is 7.03. The Bertz CT molecular complexity index is 1030. The lowest BCUT2D eigenvalue weighted by Gasteiger charge is -2.14. The van der Waals surface area contributed by atoms with Gasteiger partial charge in [0.15, 0.2) is 0 Å². The van der Waals surface area contributed by atoms with Crippen LogP contribution in [0, 0.1) is 0 Å². The molecule has 0 spiro atoms. The Balaban J connectivity index is 1.58. The number of anilines is 2. The van der Waals surface area contributed by atoms with Crippen LogP contribution in [0.4, 0.5) is 11.9 Å². The van der Waals surface area contributed by atoms with E-state index >= 15 is 0 Å². The van der Waals surface area contributed by atoms with E-state index in [9.17, 15) is 4.79 Å². The smallest absolute Gasteiger partial charge is 0.245 e. The zero-order chi connectivity index (χ0) is 17.9. The Morgan fingerprint density at radius 3 is 2.81 bits per heavy atom. The lowest BCUT2D eigenvalue weighted by Crippen LogP contribution is -2.21. The van der Waals surface area contributed by atoms with E-state index in [0.717, 1.165) is 16.9 Å². The number of aromatic nitrogens is 5. The zero-order valence-electron chi connectivity index (χ0n) is 13.4. The van der Waals surface area contributed by atoms with Crippen LogP contribution in [0.1, 0.15) is 0 Å². The van der Waals surface area contributed by atoms with Gasteiger partial charge in [-0.15, -0.1) is 10.2 Å². The summed E-state index contributed by atoms with van der Waals surface area (Å²) in [5, 5.41) is 13.4. The molecule has 128 valence electrons. The molecule has 2 aromatic heterocycles. The molecule has 3 aromatic rings. The van der Waals surface area contributed by atoms with Crippen molar-refractivity contribution in [2.24, 2.45) is 0 Å². The van der Waals surface area contributed by atoms with E-state index in [4.69, 9.17) is 5.73 Å². The predicted octanol–water partition coefficient (Wildman–Crippen LogP) is 2.03. The van der Waals surface area contributed by atoms with Crippen LogP contribution in [0.5, 0.6) is 0 Å². The number of rotatable bonds is 4. The molecule has 1 unspecified atom stereocenters. The van der Waals surface area contributed by atoms with Gasteiger partial charge in [0.25, 0.3) is 0 Å². The van der Waals surface area contributed by atoms with Gasteiger partial charge < -0.3 is 11.1 Å². The quantitative estimate of drug-likeness (QED) is 0.682. The molecule has 0 bridgehead atoms. The van der Waals surface area contributed by atoms with Gasteiger partial charge in [0.2, 0.25) is 11.9 Å². The van der Waals surface area contributed by atoms with Gasteiger partial charge in [0.1, 0.15) is 11.6 Å². The Labute approximate surface area is 152 Å². The highest BCUT2D eigenvalue weighted by Gasteiger charge is 2.16. The minimum Gasteiger partial charge on any atom is -0.368 e. The molecule has 1 aliphatic rings. The van der Waals surface area contributed by atoms with Gasteiger partial charge in [-0.1, -0.05) is 34.8 Å². The van der Waals surface area contributed by atoms with Crippen LogP contribution in [0.2, 0.25) is 0 Å². The van der Waals surface area contributed by atoms with Crippen LogP contribution in [0.3, 0.4) is 0 Å². The van der Waals surface area contributed by atoms with Crippen molar-refractivity contribution in [3.63, 3.8) is 0 Å². The van der Waals surface area contributed by atoms with Gasteiger partial charge in [-0.25, -0.2) is 4.79 Å². The van der Waals surface area contributed by atoms with E-state index < -0.39 is 0 Å². The third kappa shape index (κ3) is 3.04. The molecule has 0 radical (unpaired) electrons. The number of nitrogens with two attached hydrogens (primary N) is 1. The molecule has 1 aliphatic carbocycles. The number of benzene rings is 1.